The molecule has 7 heteroatoms. The number of rotatable bonds is 5. The third-order valence-electron chi connectivity index (χ3n) is 3.53. The van der Waals surface area contributed by atoms with E-state index in [1.54, 1.807) is 48.5 Å². The van der Waals surface area contributed by atoms with Gasteiger partial charge in [0.1, 0.15) is 11.8 Å². The molecule has 0 spiro atoms. The highest BCUT2D eigenvalue weighted by atomic mass is 16.5. The molecule has 0 saturated heterocycles. The van der Waals surface area contributed by atoms with Gasteiger partial charge in [-0.25, -0.2) is 0 Å². The number of carboxylic acids is 1. The van der Waals surface area contributed by atoms with E-state index in [4.69, 9.17) is 15.4 Å². The molecule has 2 aromatic carbocycles. The monoisotopic (exact) mass is 325 g/mol. The number of hydrogen-bond donors (Lipinski definition) is 3. The maximum atomic E-state index is 10.8. The van der Waals surface area contributed by atoms with Gasteiger partial charge in [0.15, 0.2) is 0 Å². The van der Waals surface area contributed by atoms with E-state index in [0.29, 0.717) is 17.3 Å². The number of aliphatic carboxylic acids is 1. The minimum absolute atomic E-state index is 0.161. The first-order chi connectivity index (χ1) is 11.5. The molecule has 0 aliphatic heterocycles. The lowest BCUT2D eigenvalue weighted by atomic mass is 10.0. The summed E-state index contributed by atoms with van der Waals surface area (Å²) < 4.78 is 5.23. The van der Waals surface area contributed by atoms with Crippen LogP contribution in [0.4, 0.5) is 0 Å². The van der Waals surface area contributed by atoms with Crippen molar-refractivity contribution < 1.29 is 19.5 Å². The van der Waals surface area contributed by atoms with Gasteiger partial charge in [0.2, 0.25) is 5.82 Å². The molecule has 0 radical (unpaired) electrons. The molecule has 0 saturated carbocycles. The molecule has 24 heavy (non-hydrogen) atoms. The third-order valence-corrected chi connectivity index (χ3v) is 3.53. The van der Waals surface area contributed by atoms with Gasteiger partial charge in [-0.2, -0.15) is 4.98 Å². The van der Waals surface area contributed by atoms with Crippen LogP contribution < -0.4 is 5.73 Å². The Morgan fingerprint density at radius 2 is 1.71 bits per heavy atom. The molecule has 0 aliphatic rings. The summed E-state index contributed by atoms with van der Waals surface area (Å²) in [7, 11) is 0. The van der Waals surface area contributed by atoms with Gasteiger partial charge in [-0.1, -0.05) is 29.4 Å². The van der Waals surface area contributed by atoms with Crippen molar-refractivity contribution in [3.8, 4) is 28.6 Å². The first-order valence-corrected chi connectivity index (χ1v) is 7.24. The van der Waals surface area contributed by atoms with E-state index < -0.39 is 12.0 Å². The Bertz CT molecular complexity index is 841. The van der Waals surface area contributed by atoms with E-state index in [2.05, 4.69) is 10.1 Å². The zero-order chi connectivity index (χ0) is 17.1. The molecule has 0 unspecified atom stereocenters. The van der Waals surface area contributed by atoms with Crippen molar-refractivity contribution >= 4 is 5.97 Å². The summed E-state index contributed by atoms with van der Waals surface area (Å²) in [4.78, 5) is 15.1. The summed E-state index contributed by atoms with van der Waals surface area (Å²) in [5, 5.41) is 22.1. The van der Waals surface area contributed by atoms with Crippen LogP contribution in [0.5, 0.6) is 5.75 Å². The number of nitrogens with zero attached hydrogens (tertiary/aromatic N) is 2. The first kappa shape index (κ1) is 15.7. The van der Waals surface area contributed by atoms with E-state index >= 15 is 0 Å². The van der Waals surface area contributed by atoms with Crippen LogP contribution in [0.15, 0.2) is 53.1 Å². The average Bonchev–Trinajstić information content (AvgIpc) is 3.06. The molecule has 0 bridgehead atoms. The van der Waals surface area contributed by atoms with Crippen LogP contribution in [0.1, 0.15) is 5.56 Å². The molecular weight excluding hydrogens is 310 g/mol. The fourth-order valence-corrected chi connectivity index (χ4v) is 2.19. The van der Waals surface area contributed by atoms with E-state index in [1.807, 2.05) is 0 Å². The maximum Gasteiger partial charge on any atom is 0.320 e. The zero-order valence-corrected chi connectivity index (χ0v) is 12.6. The van der Waals surface area contributed by atoms with E-state index in [1.165, 1.54) is 0 Å². The Morgan fingerprint density at radius 3 is 2.33 bits per heavy atom. The molecule has 7 nitrogen and oxygen atoms in total. The predicted molar refractivity (Wildman–Crippen MR) is 86.2 cm³/mol. The number of carboxylic acid groups (broad SMARTS) is 1. The number of carbonyl (C=O) groups is 1. The minimum Gasteiger partial charge on any atom is -0.508 e. The molecule has 3 aromatic rings. The summed E-state index contributed by atoms with van der Waals surface area (Å²) in [6.07, 6.45) is 0.251. The van der Waals surface area contributed by atoms with Gasteiger partial charge in [0, 0.05) is 11.1 Å². The normalized spacial score (nSPS) is 12.0. The number of phenolic OH excluding ortho intramolecular Hbond substituents is 1. The largest absolute Gasteiger partial charge is 0.508 e. The quantitative estimate of drug-likeness (QED) is 0.656. The summed E-state index contributed by atoms with van der Waals surface area (Å²) in [6.45, 7) is 0. The first-order valence-electron chi connectivity index (χ1n) is 7.24. The van der Waals surface area contributed by atoms with Crippen molar-refractivity contribution in [3.63, 3.8) is 0 Å². The molecule has 4 N–H and O–H groups in total. The second-order valence-electron chi connectivity index (χ2n) is 5.32. The van der Waals surface area contributed by atoms with Gasteiger partial charge in [-0.15, -0.1) is 0 Å². The fourth-order valence-electron chi connectivity index (χ4n) is 2.19. The van der Waals surface area contributed by atoms with Crippen LogP contribution >= 0.6 is 0 Å². The molecule has 0 fully saturated rings. The van der Waals surface area contributed by atoms with Gasteiger partial charge < -0.3 is 20.5 Å². The summed E-state index contributed by atoms with van der Waals surface area (Å²) in [5.74, 6) is -0.0986. The number of nitrogens with two attached hydrogens (primary N) is 1. The predicted octanol–water partition coefficient (Wildman–Crippen LogP) is 2.06. The average molecular weight is 325 g/mol. The highest BCUT2D eigenvalue weighted by Crippen LogP contribution is 2.24. The van der Waals surface area contributed by atoms with Gasteiger partial charge >= 0.3 is 5.97 Å². The zero-order valence-electron chi connectivity index (χ0n) is 12.6. The number of phenols is 1. The standard InChI is InChI=1S/C17H15N3O4/c18-14(17(22)23)9-10-1-3-11(4-2-10)15-19-16(24-20-15)12-5-7-13(21)8-6-12/h1-8,14,21H,9,18H2,(H,22,23)/t14-/m0/s1. The number of hydrogen-bond acceptors (Lipinski definition) is 6. The Balaban J connectivity index is 1.78. The Labute approximate surface area is 137 Å². The Morgan fingerprint density at radius 1 is 1.08 bits per heavy atom. The molecule has 1 aromatic heterocycles. The SMILES string of the molecule is N[C@@H](Cc1ccc(-c2noc(-c3ccc(O)cc3)n2)cc1)C(=O)O. The Hall–Kier alpha value is -3.19. The van der Waals surface area contributed by atoms with Crippen molar-refractivity contribution in [3.05, 3.63) is 54.1 Å². The highest BCUT2D eigenvalue weighted by Gasteiger charge is 2.13. The van der Waals surface area contributed by atoms with Gasteiger partial charge in [0.05, 0.1) is 0 Å². The van der Waals surface area contributed by atoms with Crippen LogP contribution in [0.2, 0.25) is 0 Å². The van der Waals surface area contributed by atoms with Crippen molar-refractivity contribution in [1.29, 1.82) is 0 Å². The van der Waals surface area contributed by atoms with E-state index in [9.17, 15) is 9.90 Å². The van der Waals surface area contributed by atoms with Crippen molar-refractivity contribution in [2.75, 3.05) is 0 Å². The molecule has 0 aliphatic carbocycles. The van der Waals surface area contributed by atoms with Gasteiger partial charge in [-0.3, -0.25) is 4.79 Å². The number of benzene rings is 2. The van der Waals surface area contributed by atoms with Crippen LogP contribution in [-0.2, 0) is 11.2 Å². The van der Waals surface area contributed by atoms with E-state index in [-0.39, 0.29) is 12.2 Å². The molecule has 122 valence electrons. The highest BCUT2D eigenvalue weighted by molar-refractivity contribution is 5.73. The lowest BCUT2D eigenvalue weighted by Crippen LogP contribution is -2.32. The maximum absolute atomic E-state index is 10.8. The van der Waals surface area contributed by atoms with Gasteiger partial charge in [-0.05, 0) is 36.2 Å². The topological polar surface area (TPSA) is 122 Å². The summed E-state index contributed by atoms with van der Waals surface area (Å²) in [6, 6.07) is 12.7. The molecule has 0 amide bonds. The van der Waals surface area contributed by atoms with E-state index in [0.717, 1.165) is 11.1 Å². The molecule has 3 rings (SSSR count). The lowest BCUT2D eigenvalue weighted by molar-refractivity contribution is -0.138. The van der Waals surface area contributed by atoms with Crippen LogP contribution in [0.25, 0.3) is 22.8 Å². The smallest absolute Gasteiger partial charge is 0.320 e. The Kier molecular flexibility index (Phi) is 4.26. The van der Waals surface area contributed by atoms with Crippen LogP contribution in [0.3, 0.4) is 0 Å². The van der Waals surface area contributed by atoms with Crippen molar-refractivity contribution in [1.82, 2.24) is 10.1 Å². The van der Waals surface area contributed by atoms with Crippen LogP contribution in [0, 0.1) is 0 Å². The second kappa shape index (κ2) is 6.51. The third kappa shape index (κ3) is 3.41. The van der Waals surface area contributed by atoms with Crippen molar-refractivity contribution in [2.24, 2.45) is 5.73 Å². The van der Waals surface area contributed by atoms with Crippen molar-refractivity contribution in [2.45, 2.75) is 12.5 Å². The van der Waals surface area contributed by atoms with Crippen LogP contribution in [-0.4, -0.2) is 32.4 Å². The summed E-state index contributed by atoms with van der Waals surface area (Å²) in [5.41, 5.74) is 7.79. The number of aromatic hydroxyl groups is 1. The number of aromatic nitrogens is 2. The second-order valence-corrected chi connectivity index (χ2v) is 5.32. The molecule has 1 atom stereocenters. The molecular formula is C17H15N3O4. The summed E-state index contributed by atoms with van der Waals surface area (Å²) >= 11 is 0. The fraction of sp³-hybridized carbons (Fsp3) is 0.118. The van der Waals surface area contributed by atoms with Gasteiger partial charge in [0.25, 0.3) is 5.89 Å². The lowest BCUT2D eigenvalue weighted by Gasteiger charge is -2.06. The minimum atomic E-state index is -1.03. The molecule has 1 heterocycles.